The molecule has 7 rings (SSSR count). The fourth-order valence-electron chi connectivity index (χ4n) is 5.89. The van der Waals surface area contributed by atoms with Gasteiger partial charge in [0.15, 0.2) is 16.3 Å². The Bertz CT molecular complexity index is 2140. The van der Waals surface area contributed by atoms with Gasteiger partial charge in [0, 0.05) is 17.7 Å². The Kier molecular flexibility index (Phi) is 6.55. The molecule has 1 atom stereocenters. The zero-order chi connectivity index (χ0) is 29.7. The molecule has 2 aliphatic rings. The molecule has 10 heteroatoms. The van der Waals surface area contributed by atoms with Gasteiger partial charge in [0.2, 0.25) is 0 Å². The topological polar surface area (TPSA) is 109 Å². The van der Waals surface area contributed by atoms with Crippen LogP contribution in [0.25, 0.3) is 23.1 Å². The fourth-order valence-corrected chi connectivity index (χ4v) is 6.87. The molecular formula is C33H25N3O6S. The van der Waals surface area contributed by atoms with Gasteiger partial charge in [-0.3, -0.25) is 19.5 Å². The highest BCUT2D eigenvalue weighted by molar-refractivity contribution is 7.07. The number of benzene rings is 3. The van der Waals surface area contributed by atoms with Crippen LogP contribution >= 0.6 is 11.3 Å². The summed E-state index contributed by atoms with van der Waals surface area (Å²) in [5.41, 5.74) is 5.28. The molecule has 1 aliphatic carbocycles. The molecular weight excluding hydrogens is 566 g/mol. The van der Waals surface area contributed by atoms with Crippen LogP contribution in [0.3, 0.4) is 0 Å². The number of ether oxygens (including phenoxy) is 2. The average Bonchev–Trinajstić information content (AvgIpc) is 3.63. The second-order valence-corrected chi connectivity index (χ2v) is 11.2. The number of furan rings is 1. The smallest absolute Gasteiger partial charge is 0.280 e. The largest absolute Gasteiger partial charge is 0.493 e. The lowest BCUT2D eigenvalue weighted by Crippen LogP contribution is -2.38. The van der Waals surface area contributed by atoms with Crippen molar-refractivity contribution >= 4 is 28.8 Å². The maximum Gasteiger partial charge on any atom is 0.280 e. The summed E-state index contributed by atoms with van der Waals surface area (Å²) >= 11 is 1.29. The Balaban J connectivity index is 1.40. The van der Waals surface area contributed by atoms with Crippen molar-refractivity contribution in [3.05, 3.63) is 137 Å². The van der Waals surface area contributed by atoms with Gasteiger partial charge < -0.3 is 13.9 Å². The van der Waals surface area contributed by atoms with Crippen molar-refractivity contribution < 1.29 is 18.8 Å². The van der Waals surface area contributed by atoms with E-state index in [0.29, 0.717) is 37.9 Å². The standard InChI is InChI=1S/C33H25N3O6S/c1-40-27-15-12-20(17-28(27)41-2)31-24-14-11-19-7-3-4-8-22(19)30(24)34-33-35(31)32(37)29(43-33)18-21-13-16-26(42-21)23-9-5-6-10-25(23)36(38)39/h3-10,12-13,15-18,31H,11,14H2,1-2H3/b29-18-/t31-/m1/s1. The molecule has 0 saturated carbocycles. The highest BCUT2D eigenvalue weighted by atomic mass is 32.1. The second kappa shape index (κ2) is 10.6. The Labute approximate surface area is 249 Å². The summed E-state index contributed by atoms with van der Waals surface area (Å²) in [5, 5.41) is 11.5. The molecule has 0 saturated heterocycles. The maximum absolute atomic E-state index is 14.1. The Morgan fingerprint density at radius 2 is 1.74 bits per heavy atom. The summed E-state index contributed by atoms with van der Waals surface area (Å²) in [5.74, 6) is 1.95. The quantitative estimate of drug-likeness (QED) is 0.191. The van der Waals surface area contributed by atoms with E-state index < -0.39 is 4.92 Å². The van der Waals surface area contributed by atoms with Crippen LogP contribution in [-0.2, 0) is 6.42 Å². The number of para-hydroxylation sites is 1. The Hall–Kier alpha value is -5.22. The molecule has 0 fully saturated rings. The zero-order valence-corrected chi connectivity index (χ0v) is 24.1. The van der Waals surface area contributed by atoms with Crippen molar-refractivity contribution in [1.82, 2.24) is 4.57 Å². The predicted octanol–water partition coefficient (Wildman–Crippen LogP) is 5.50. The normalized spacial score (nSPS) is 15.8. The van der Waals surface area contributed by atoms with Crippen molar-refractivity contribution in [2.75, 3.05) is 14.2 Å². The summed E-state index contributed by atoms with van der Waals surface area (Å²) in [6.45, 7) is 0. The lowest BCUT2D eigenvalue weighted by molar-refractivity contribution is -0.384. The number of thiazole rings is 1. The third-order valence-electron chi connectivity index (χ3n) is 7.86. The Morgan fingerprint density at radius 3 is 2.53 bits per heavy atom. The van der Waals surface area contributed by atoms with Crippen LogP contribution in [0.4, 0.5) is 5.69 Å². The van der Waals surface area contributed by atoms with Crippen LogP contribution in [0.2, 0.25) is 0 Å². The SMILES string of the molecule is COc1ccc([C@@H]2C3=C(N=c4s/c(=C\c5ccc(-c6ccccc6[N+](=O)[O-])o5)c(=O)n42)c2ccccc2CC3)cc1OC. The van der Waals surface area contributed by atoms with Gasteiger partial charge in [-0.05, 0) is 59.9 Å². The van der Waals surface area contributed by atoms with Crippen LogP contribution in [0.5, 0.6) is 11.5 Å². The number of methoxy groups -OCH3 is 2. The summed E-state index contributed by atoms with van der Waals surface area (Å²) < 4.78 is 19.3. The highest BCUT2D eigenvalue weighted by Gasteiger charge is 2.33. The van der Waals surface area contributed by atoms with Crippen LogP contribution in [0.15, 0.2) is 98.6 Å². The molecule has 3 heterocycles. The first-order chi connectivity index (χ1) is 21.0. The van der Waals surface area contributed by atoms with Gasteiger partial charge in [-0.1, -0.05) is 53.8 Å². The minimum Gasteiger partial charge on any atom is -0.493 e. The molecule has 2 aromatic heterocycles. The minimum absolute atomic E-state index is 0.0523. The van der Waals surface area contributed by atoms with Gasteiger partial charge in [-0.25, -0.2) is 4.99 Å². The first-order valence-corrected chi connectivity index (χ1v) is 14.5. The average molecular weight is 592 g/mol. The lowest BCUT2D eigenvalue weighted by Gasteiger charge is -2.31. The number of aryl methyl sites for hydroxylation is 1. The van der Waals surface area contributed by atoms with Gasteiger partial charge in [-0.15, -0.1) is 0 Å². The van der Waals surface area contributed by atoms with Crippen LogP contribution in [0, 0.1) is 10.1 Å². The molecule has 0 spiro atoms. The van der Waals surface area contributed by atoms with Crippen LogP contribution in [0.1, 0.15) is 34.9 Å². The summed E-state index contributed by atoms with van der Waals surface area (Å²) in [4.78, 5) is 30.8. The van der Waals surface area contributed by atoms with Crippen LogP contribution in [-0.4, -0.2) is 23.7 Å². The minimum atomic E-state index is -0.441. The molecule has 43 heavy (non-hydrogen) atoms. The van der Waals surface area contributed by atoms with E-state index in [4.69, 9.17) is 18.9 Å². The first-order valence-electron chi connectivity index (χ1n) is 13.7. The molecule has 3 aromatic carbocycles. The van der Waals surface area contributed by atoms with E-state index in [9.17, 15) is 14.9 Å². The number of aromatic nitrogens is 1. The summed E-state index contributed by atoms with van der Waals surface area (Å²) in [6, 6.07) is 23.4. The molecule has 0 amide bonds. The number of nitro groups is 1. The number of rotatable bonds is 6. The monoisotopic (exact) mass is 591 g/mol. The van der Waals surface area contributed by atoms with Crippen LogP contribution < -0.4 is 24.4 Å². The van der Waals surface area contributed by atoms with Crippen molar-refractivity contribution in [3.63, 3.8) is 0 Å². The van der Waals surface area contributed by atoms with E-state index in [2.05, 4.69) is 12.1 Å². The highest BCUT2D eigenvalue weighted by Crippen LogP contribution is 2.43. The van der Waals surface area contributed by atoms with Gasteiger partial charge >= 0.3 is 0 Å². The number of fused-ring (bicyclic) bond motifs is 3. The third-order valence-corrected chi connectivity index (χ3v) is 8.85. The van der Waals surface area contributed by atoms with E-state index in [1.807, 2.05) is 30.3 Å². The van der Waals surface area contributed by atoms with Crippen molar-refractivity contribution in [3.8, 4) is 22.8 Å². The van der Waals surface area contributed by atoms with Crippen molar-refractivity contribution in [1.29, 1.82) is 0 Å². The van der Waals surface area contributed by atoms with Gasteiger partial charge in [0.05, 0.1) is 41.0 Å². The third kappa shape index (κ3) is 4.47. The molecule has 1 aliphatic heterocycles. The van der Waals surface area contributed by atoms with Crippen molar-refractivity contribution in [2.45, 2.75) is 18.9 Å². The van der Waals surface area contributed by atoms with Gasteiger partial charge in [0.25, 0.3) is 11.2 Å². The zero-order valence-electron chi connectivity index (χ0n) is 23.3. The summed E-state index contributed by atoms with van der Waals surface area (Å²) in [7, 11) is 3.19. The van der Waals surface area contributed by atoms with E-state index in [-0.39, 0.29) is 17.3 Å². The number of hydrogen-bond acceptors (Lipinski definition) is 8. The van der Waals surface area contributed by atoms with E-state index >= 15 is 0 Å². The van der Waals surface area contributed by atoms with Crippen molar-refractivity contribution in [2.24, 2.45) is 4.99 Å². The number of nitro benzene ring substituents is 1. The van der Waals surface area contributed by atoms with Gasteiger partial charge in [0.1, 0.15) is 11.5 Å². The number of allylic oxidation sites excluding steroid dienone is 1. The molecule has 5 aromatic rings. The number of hydrogen-bond donors (Lipinski definition) is 0. The predicted molar refractivity (Wildman–Crippen MR) is 163 cm³/mol. The van der Waals surface area contributed by atoms with E-state index in [0.717, 1.165) is 35.2 Å². The van der Waals surface area contributed by atoms with E-state index in [1.165, 1.54) is 23.0 Å². The second-order valence-electron chi connectivity index (χ2n) is 10.2. The molecule has 9 nitrogen and oxygen atoms in total. The molecule has 0 unspecified atom stereocenters. The van der Waals surface area contributed by atoms with E-state index in [1.54, 1.807) is 55.2 Å². The molecule has 0 bridgehead atoms. The van der Waals surface area contributed by atoms with Gasteiger partial charge in [-0.2, -0.15) is 0 Å². The lowest BCUT2D eigenvalue weighted by atomic mass is 9.83. The molecule has 214 valence electrons. The fraction of sp³-hybridized carbons (Fsp3) is 0.152. The molecule has 0 radical (unpaired) electrons. The maximum atomic E-state index is 14.1. The summed E-state index contributed by atoms with van der Waals surface area (Å²) in [6.07, 6.45) is 3.28. The molecule has 0 N–H and O–H groups in total. The Morgan fingerprint density at radius 1 is 0.977 bits per heavy atom. The first kappa shape index (κ1) is 26.7. The number of nitrogens with zero attached hydrogens (tertiary/aromatic N) is 3.